The fraction of sp³-hybridized carbons (Fsp3) is 0.778. The minimum Gasteiger partial charge on any atom is -0.212 e. The molecular weight excluding hydrogens is 127 g/mol. The van der Waals surface area contributed by atoms with Crippen LogP contribution in [0.1, 0.15) is 40.5 Å². The fourth-order valence-electron chi connectivity index (χ4n) is 0.934. The number of rotatable bonds is 3. The Morgan fingerprint density at radius 3 is 1.90 bits per heavy atom. The van der Waals surface area contributed by atoms with Gasteiger partial charge in [0.05, 0.1) is 5.83 Å². The zero-order chi connectivity index (χ0) is 8.20. The van der Waals surface area contributed by atoms with E-state index < -0.39 is 0 Å². The molecule has 0 radical (unpaired) electrons. The second-order valence-electron chi connectivity index (χ2n) is 3.09. The first kappa shape index (κ1) is 9.67. The van der Waals surface area contributed by atoms with Gasteiger partial charge in [0, 0.05) is 0 Å². The summed E-state index contributed by atoms with van der Waals surface area (Å²) in [5, 5.41) is 0. The molecule has 0 aliphatic carbocycles. The molecule has 0 bridgehead atoms. The maximum absolute atomic E-state index is 12.4. The van der Waals surface area contributed by atoms with Gasteiger partial charge in [-0.3, -0.25) is 0 Å². The van der Waals surface area contributed by atoms with Crippen molar-refractivity contribution in [1.82, 2.24) is 0 Å². The van der Waals surface area contributed by atoms with Gasteiger partial charge in [-0.05, 0) is 31.3 Å². The van der Waals surface area contributed by atoms with Crippen LogP contribution in [0.5, 0.6) is 0 Å². The van der Waals surface area contributed by atoms with Crippen LogP contribution in [0.15, 0.2) is 11.9 Å². The van der Waals surface area contributed by atoms with Gasteiger partial charge in [0.15, 0.2) is 0 Å². The van der Waals surface area contributed by atoms with Gasteiger partial charge < -0.3 is 0 Å². The molecule has 0 aliphatic heterocycles. The van der Waals surface area contributed by atoms with E-state index in [-0.39, 0.29) is 11.2 Å². The molecule has 0 aliphatic rings. The van der Waals surface area contributed by atoms with Crippen LogP contribution in [0, 0.1) is 5.41 Å². The second kappa shape index (κ2) is 3.75. The Balaban J connectivity index is 4.20. The van der Waals surface area contributed by atoms with E-state index >= 15 is 0 Å². The summed E-state index contributed by atoms with van der Waals surface area (Å²) in [5.74, 6) is -0.0637. The Kier molecular flexibility index (Phi) is 3.62. The summed E-state index contributed by atoms with van der Waals surface area (Å²) in [4.78, 5) is 0. The van der Waals surface area contributed by atoms with Crippen LogP contribution < -0.4 is 0 Å². The highest BCUT2D eigenvalue weighted by Crippen LogP contribution is 2.28. The molecule has 0 rings (SSSR count). The molecule has 0 aromatic carbocycles. The lowest BCUT2D eigenvalue weighted by Crippen LogP contribution is -2.09. The third-order valence-electron chi connectivity index (χ3n) is 2.16. The summed E-state index contributed by atoms with van der Waals surface area (Å²) in [7, 11) is 0. The summed E-state index contributed by atoms with van der Waals surface area (Å²) in [6.45, 7) is 7.76. The lowest BCUT2D eigenvalue weighted by Gasteiger charge is -2.21. The van der Waals surface area contributed by atoms with Gasteiger partial charge in [-0.1, -0.05) is 20.8 Å². The highest BCUT2D eigenvalue weighted by molar-refractivity contribution is 4.98. The summed E-state index contributed by atoms with van der Waals surface area (Å²) in [6, 6.07) is 0. The first-order chi connectivity index (χ1) is 4.54. The molecule has 0 nitrogen and oxygen atoms in total. The van der Waals surface area contributed by atoms with Crippen molar-refractivity contribution < 1.29 is 4.39 Å². The standard InChI is InChI=1S/C9H17F/c1-5-9(4,6-2)7-8(3)10/h7H,5-6H2,1-4H3/b8-7+. The summed E-state index contributed by atoms with van der Waals surface area (Å²) >= 11 is 0. The maximum Gasteiger partial charge on any atom is 0.0934 e. The van der Waals surface area contributed by atoms with Crippen LogP contribution in [-0.4, -0.2) is 0 Å². The van der Waals surface area contributed by atoms with Crippen molar-refractivity contribution in [3.8, 4) is 0 Å². The molecule has 0 fully saturated rings. The van der Waals surface area contributed by atoms with E-state index in [1.165, 1.54) is 6.92 Å². The van der Waals surface area contributed by atoms with E-state index in [1.807, 2.05) is 0 Å². The molecule has 0 unspecified atom stereocenters. The molecule has 0 aromatic heterocycles. The van der Waals surface area contributed by atoms with Gasteiger partial charge in [0.2, 0.25) is 0 Å². The molecule has 0 N–H and O–H groups in total. The van der Waals surface area contributed by atoms with Crippen molar-refractivity contribution in [2.75, 3.05) is 0 Å². The SMILES string of the molecule is CCC(C)(/C=C(\C)F)CC. The van der Waals surface area contributed by atoms with Crippen LogP contribution in [0.4, 0.5) is 4.39 Å². The van der Waals surface area contributed by atoms with Crippen LogP contribution >= 0.6 is 0 Å². The topological polar surface area (TPSA) is 0 Å². The predicted octanol–water partition coefficient (Wildman–Crippen LogP) is 3.69. The first-order valence-electron chi connectivity index (χ1n) is 3.89. The monoisotopic (exact) mass is 144 g/mol. The fourth-order valence-corrected chi connectivity index (χ4v) is 0.934. The van der Waals surface area contributed by atoms with Gasteiger partial charge >= 0.3 is 0 Å². The molecule has 0 saturated heterocycles. The van der Waals surface area contributed by atoms with Crippen molar-refractivity contribution >= 4 is 0 Å². The van der Waals surface area contributed by atoms with Crippen molar-refractivity contribution in [2.45, 2.75) is 40.5 Å². The molecule has 0 spiro atoms. The van der Waals surface area contributed by atoms with E-state index in [2.05, 4.69) is 20.8 Å². The molecule has 0 heterocycles. The van der Waals surface area contributed by atoms with Crippen molar-refractivity contribution in [1.29, 1.82) is 0 Å². The summed E-state index contributed by atoms with van der Waals surface area (Å²) in [5.41, 5.74) is 0.0683. The number of hydrogen-bond acceptors (Lipinski definition) is 0. The number of hydrogen-bond donors (Lipinski definition) is 0. The molecule has 1 heteroatoms. The Morgan fingerprint density at radius 1 is 1.40 bits per heavy atom. The zero-order valence-electron chi connectivity index (χ0n) is 7.37. The smallest absolute Gasteiger partial charge is 0.0934 e. The minimum absolute atomic E-state index is 0.0637. The zero-order valence-corrected chi connectivity index (χ0v) is 7.37. The van der Waals surface area contributed by atoms with Gasteiger partial charge in [-0.2, -0.15) is 0 Å². The molecule has 60 valence electrons. The Hall–Kier alpha value is -0.330. The van der Waals surface area contributed by atoms with Gasteiger partial charge in [0.25, 0.3) is 0 Å². The van der Waals surface area contributed by atoms with Crippen LogP contribution in [0.3, 0.4) is 0 Å². The van der Waals surface area contributed by atoms with E-state index in [0.29, 0.717) is 0 Å². The third kappa shape index (κ3) is 3.00. The van der Waals surface area contributed by atoms with Gasteiger partial charge in [-0.15, -0.1) is 0 Å². The first-order valence-corrected chi connectivity index (χ1v) is 3.89. The van der Waals surface area contributed by atoms with Crippen LogP contribution in [-0.2, 0) is 0 Å². The van der Waals surface area contributed by atoms with E-state index in [0.717, 1.165) is 12.8 Å². The summed E-state index contributed by atoms with van der Waals surface area (Å²) < 4.78 is 12.4. The molecule has 0 amide bonds. The Bertz CT molecular complexity index is 117. The quantitative estimate of drug-likeness (QED) is 0.566. The highest BCUT2D eigenvalue weighted by atomic mass is 19.1. The van der Waals surface area contributed by atoms with Crippen LogP contribution in [0.25, 0.3) is 0 Å². The Morgan fingerprint density at radius 2 is 1.80 bits per heavy atom. The second-order valence-corrected chi connectivity index (χ2v) is 3.09. The molecule has 10 heavy (non-hydrogen) atoms. The normalized spacial score (nSPS) is 13.9. The van der Waals surface area contributed by atoms with E-state index in [9.17, 15) is 4.39 Å². The average Bonchev–Trinajstić information content (AvgIpc) is 1.87. The highest BCUT2D eigenvalue weighted by Gasteiger charge is 2.15. The lowest BCUT2D eigenvalue weighted by molar-refractivity contribution is 0.384. The van der Waals surface area contributed by atoms with Gasteiger partial charge in [0.1, 0.15) is 0 Å². The van der Waals surface area contributed by atoms with E-state index in [1.54, 1.807) is 6.08 Å². The van der Waals surface area contributed by atoms with E-state index in [4.69, 9.17) is 0 Å². The van der Waals surface area contributed by atoms with Crippen LogP contribution in [0.2, 0.25) is 0 Å². The van der Waals surface area contributed by atoms with Crippen molar-refractivity contribution in [3.05, 3.63) is 11.9 Å². The third-order valence-corrected chi connectivity index (χ3v) is 2.16. The van der Waals surface area contributed by atoms with Gasteiger partial charge in [-0.25, -0.2) is 4.39 Å². The van der Waals surface area contributed by atoms with Crippen molar-refractivity contribution in [2.24, 2.45) is 5.41 Å². The summed E-state index contributed by atoms with van der Waals surface area (Å²) in [6.07, 6.45) is 3.72. The molecular formula is C9H17F. The largest absolute Gasteiger partial charge is 0.212 e. The molecule has 0 aromatic rings. The molecule has 0 atom stereocenters. The maximum atomic E-state index is 12.4. The number of allylic oxidation sites excluding steroid dienone is 2. The average molecular weight is 144 g/mol. The molecule has 0 saturated carbocycles. The Labute approximate surface area is 63.1 Å². The lowest BCUT2D eigenvalue weighted by atomic mass is 9.84. The predicted molar refractivity (Wildman–Crippen MR) is 43.6 cm³/mol. The van der Waals surface area contributed by atoms with Crippen molar-refractivity contribution in [3.63, 3.8) is 0 Å². The minimum atomic E-state index is -0.0637. The number of halogens is 1.